The fraction of sp³-hybridized carbons (Fsp3) is 0.154. The fourth-order valence-electron chi connectivity index (χ4n) is 4.56. The van der Waals surface area contributed by atoms with E-state index < -0.39 is 6.04 Å². The van der Waals surface area contributed by atoms with Crippen molar-refractivity contribution in [3.05, 3.63) is 98.7 Å². The van der Waals surface area contributed by atoms with E-state index in [1.165, 1.54) is 0 Å². The Kier molecular flexibility index (Phi) is 5.01. The Morgan fingerprint density at radius 2 is 1.79 bits per heavy atom. The topological polar surface area (TPSA) is 67.5 Å². The zero-order valence-electron chi connectivity index (χ0n) is 18.1. The van der Waals surface area contributed by atoms with E-state index in [-0.39, 0.29) is 12.7 Å². The molecule has 1 atom stereocenters. The molecule has 0 spiro atoms. The summed E-state index contributed by atoms with van der Waals surface area (Å²) in [7, 11) is 0. The van der Waals surface area contributed by atoms with Gasteiger partial charge in [0.15, 0.2) is 11.5 Å². The molecular formula is C26H19Cl2N3O3. The molecule has 3 heterocycles. The van der Waals surface area contributed by atoms with Gasteiger partial charge in [-0.3, -0.25) is 9.89 Å². The van der Waals surface area contributed by atoms with E-state index in [2.05, 4.69) is 10.2 Å². The number of nitrogens with zero attached hydrogens (tertiary/aromatic N) is 2. The molecule has 170 valence electrons. The number of aromatic amines is 1. The molecule has 0 bridgehead atoms. The van der Waals surface area contributed by atoms with Crippen LogP contribution in [0.4, 0.5) is 0 Å². The standard InChI is InChI=1S/C26H19Cl2N3O3/c1-14-2-5-16(6-3-14)23-22-24(30-29-23)26(32)31(25(22)17-7-8-18(27)19(28)11-17)12-15-4-9-20-21(10-15)34-13-33-20/h2-11,25H,12-13H2,1H3,(H,29,30). The Morgan fingerprint density at radius 1 is 1.00 bits per heavy atom. The van der Waals surface area contributed by atoms with Crippen LogP contribution in [-0.4, -0.2) is 27.8 Å². The van der Waals surface area contributed by atoms with Crippen LogP contribution in [-0.2, 0) is 6.54 Å². The zero-order chi connectivity index (χ0) is 23.4. The summed E-state index contributed by atoms with van der Waals surface area (Å²) in [6.07, 6.45) is 0. The molecule has 0 fully saturated rings. The first kappa shape index (κ1) is 21.1. The zero-order valence-corrected chi connectivity index (χ0v) is 19.7. The van der Waals surface area contributed by atoms with Crippen molar-refractivity contribution in [2.75, 3.05) is 6.79 Å². The number of H-pyrrole nitrogens is 1. The van der Waals surface area contributed by atoms with Gasteiger partial charge in [0.25, 0.3) is 5.91 Å². The van der Waals surface area contributed by atoms with Gasteiger partial charge in [-0.1, -0.05) is 65.2 Å². The minimum atomic E-state index is -0.391. The van der Waals surface area contributed by atoms with Gasteiger partial charge in [-0.25, -0.2) is 0 Å². The van der Waals surface area contributed by atoms with Crippen LogP contribution in [0.5, 0.6) is 11.5 Å². The van der Waals surface area contributed by atoms with Crippen LogP contribution in [0.3, 0.4) is 0 Å². The average molecular weight is 492 g/mol. The van der Waals surface area contributed by atoms with Crippen molar-refractivity contribution < 1.29 is 14.3 Å². The third-order valence-electron chi connectivity index (χ3n) is 6.24. The van der Waals surface area contributed by atoms with Gasteiger partial charge in [-0.2, -0.15) is 5.10 Å². The summed E-state index contributed by atoms with van der Waals surface area (Å²) >= 11 is 12.6. The molecule has 8 heteroatoms. The first-order valence-corrected chi connectivity index (χ1v) is 11.5. The number of rotatable bonds is 4. The Hall–Kier alpha value is -3.48. The van der Waals surface area contributed by atoms with Gasteiger partial charge in [-0.05, 0) is 42.3 Å². The summed E-state index contributed by atoms with van der Waals surface area (Å²) in [5.41, 5.74) is 5.92. The second-order valence-electron chi connectivity index (χ2n) is 8.42. The Bertz CT molecular complexity index is 1430. The average Bonchev–Trinajstić information content (AvgIpc) is 3.53. The maximum Gasteiger partial charge on any atom is 0.273 e. The number of hydrogen-bond acceptors (Lipinski definition) is 4. The number of hydrogen-bond donors (Lipinski definition) is 1. The summed E-state index contributed by atoms with van der Waals surface area (Å²) in [5, 5.41) is 8.41. The Morgan fingerprint density at radius 3 is 2.59 bits per heavy atom. The lowest BCUT2D eigenvalue weighted by Crippen LogP contribution is -2.29. The maximum absolute atomic E-state index is 13.6. The molecule has 34 heavy (non-hydrogen) atoms. The first-order chi connectivity index (χ1) is 16.5. The Balaban J connectivity index is 1.47. The number of carbonyl (C=O) groups is 1. The number of nitrogens with one attached hydrogen (secondary N) is 1. The van der Waals surface area contributed by atoms with Gasteiger partial charge < -0.3 is 14.4 Å². The minimum Gasteiger partial charge on any atom is -0.454 e. The number of ether oxygens (including phenoxy) is 2. The van der Waals surface area contributed by atoms with Gasteiger partial charge in [0.05, 0.1) is 21.8 Å². The molecule has 6 rings (SSSR count). The normalized spacial score (nSPS) is 16.3. The molecule has 1 unspecified atom stereocenters. The van der Waals surface area contributed by atoms with Crippen LogP contribution < -0.4 is 9.47 Å². The lowest BCUT2D eigenvalue weighted by Gasteiger charge is -2.27. The third-order valence-corrected chi connectivity index (χ3v) is 6.98. The first-order valence-electron chi connectivity index (χ1n) is 10.8. The molecule has 3 aromatic carbocycles. The van der Waals surface area contributed by atoms with Crippen molar-refractivity contribution in [2.45, 2.75) is 19.5 Å². The lowest BCUT2D eigenvalue weighted by molar-refractivity contribution is 0.0730. The number of aryl methyl sites for hydroxylation is 1. The van der Waals surface area contributed by atoms with Gasteiger partial charge in [0.1, 0.15) is 5.69 Å². The minimum absolute atomic E-state index is 0.130. The molecule has 1 N–H and O–H groups in total. The van der Waals surface area contributed by atoms with Crippen molar-refractivity contribution in [1.29, 1.82) is 0 Å². The SMILES string of the molecule is Cc1ccc(-c2n[nH]c3c2C(c2ccc(Cl)c(Cl)c2)N(Cc2ccc4c(c2)OCO4)C3=O)cc1. The monoisotopic (exact) mass is 491 g/mol. The van der Waals surface area contributed by atoms with Gasteiger partial charge in [0, 0.05) is 17.7 Å². The highest BCUT2D eigenvalue weighted by Crippen LogP contribution is 2.45. The van der Waals surface area contributed by atoms with Crippen LogP contribution in [0.15, 0.2) is 60.7 Å². The molecule has 0 radical (unpaired) electrons. The molecule has 1 aromatic heterocycles. The third kappa shape index (κ3) is 3.42. The number of benzene rings is 3. The van der Waals surface area contributed by atoms with Crippen molar-refractivity contribution >= 4 is 29.1 Å². The van der Waals surface area contributed by atoms with E-state index in [4.69, 9.17) is 32.7 Å². The van der Waals surface area contributed by atoms with Crippen LogP contribution in [0.25, 0.3) is 11.3 Å². The quantitative estimate of drug-likeness (QED) is 0.370. The molecule has 0 saturated heterocycles. The van der Waals surface area contributed by atoms with Crippen molar-refractivity contribution in [2.24, 2.45) is 0 Å². The van der Waals surface area contributed by atoms with Crippen molar-refractivity contribution in [1.82, 2.24) is 15.1 Å². The second-order valence-corrected chi connectivity index (χ2v) is 9.24. The van der Waals surface area contributed by atoms with E-state index >= 15 is 0 Å². The predicted octanol–water partition coefficient (Wildman–Crippen LogP) is 6.17. The highest BCUT2D eigenvalue weighted by atomic mass is 35.5. The second kappa shape index (κ2) is 8.08. The van der Waals surface area contributed by atoms with Crippen molar-refractivity contribution in [3.63, 3.8) is 0 Å². The van der Waals surface area contributed by atoms with Crippen LogP contribution in [0.1, 0.15) is 38.8 Å². The number of aromatic nitrogens is 2. The van der Waals surface area contributed by atoms with Crippen molar-refractivity contribution in [3.8, 4) is 22.8 Å². The van der Waals surface area contributed by atoms with E-state index in [1.807, 2.05) is 66.4 Å². The summed E-state index contributed by atoms with van der Waals surface area (Å²) in [4.78, 5) is 15.4. The largest absolute Gasteiger partial charge is 0.454 e. The van der Waals surface area contributed by atoms with Gasteiger partial charge in [0.2, 0.25) is 6.79 Å². The molecule has 0 aliphatic carbocycles. The molecule has 2 aliphatic heterocycles. The Labute approximate surface area is 206 Å². The predicted molar refractivity (Wildman–Crippen MR) is 130 cm³/mol. The van der Waals surface area contributed by atoms with E-state index in [9.17, 15) is 4.79 Å². The number of carbonyl (C=O) groups excluding carboxylic acids is 1. The fourth-order valence-corrected chi connectivity index (χ4v) is 4.86. The number of fused-ring (bicyclic) bond motifs is 2. The molecule has 1 amide bonds. The molecule has 0 saturated carbocycles. The van der Waals surface area contributed by atoms with E-state index in [0.717, 1.165) is 33.5 Å². The van der Waals surface area contributed by atoms with E-state index in [1.54, 1.807) is 6.07 Å². The van der Waals surface area contributed by atoms with Crippen LogP contribution in [0, 0.1) is 6.92 Å². The molecule has 6 nitrogen and oxygen atoms in total. The highest BCUT2D eigenvalue weighted by Gasteiger charge is 2.42. The summed E-state index contributed by atoms with van der Waals surface area (Å²) in [6, 6.07) is 18.9. The van der Waals surface area contributed by atoms with Gasteiger partial charge in [-0.15, -0.1) is 0 Å². The van der Waals surface area contributed by atoms with Crippen LogP contribution in [0.2, 0.25) is 10.0 Å². The maximum atomic E-state index is 13.6. The molecule has 4 aromatic rings. The molecular weight excluding hydrogens is 473 g/mol. The summed E-state index contributed by atoms with van der Waals surface area (Å²) in [5.74, 6) is 1.25. The van der Waals surface area contributed by atoms with Gasteiger partial charge >= 0.3 is 0 Å². The summed E-state index contributed by atoms with van der Waals surface area (Å²) < 4.78 is 11.0. The number of amides is 1. The highest BCUT2D eigenvalue weighted by molar-refractivity contribution is 6.42. The van der Waals surface area contributed by atoms with E-state index in [0.29, 0.717) is 33.8 Å². The number of halogens is 2. The van der Waals surface area contributed by atoms with Crippen LogP contribution >= 0.6 is 23.2 Å². The smallest absolute Gasteiger partial charge is 0.273 e. The molecule has 2 aliphatic rings. The lowest BCUT2D eigenvalue weighted by atomic mass is 9.95. The summed E-state index contributed by atoms with van der Waals surface area (Å²) in [6.45, 7) is 2.60.